The minimum atomic E-state index is -0.317. The minimum Gasteiger partial charge on any atom is -0.451 e. The molecule has 1 aliphatic heterocycles. The summed E-state index contributed by atoms with van der Waals surface area (Å²) >= 11 is 6.00. The maximum Gasteiger partial charge on any atom is 0.287 e. The summed E-state index contributed by atoms with van der Waals surface area (Å²) in [5, 5.41) is 4.38. The van der Waals surface area contributed by atoms with E-state index < -0.39 is 0 Å². The van der Waals surface area contributed by atoms with Crippen molar-refractivity contribution in [1.29, 1.82) is 0 Å². The van der Waals surface area contributed by atoms with Gasteiger partial charge in [-0.2, -0.15) is 0 Å². The third kappa shape index (κ3) is 3.83. The molecule has 27 heavy (non-hydrogen) atoms. The van der Waals surface area contributed by atoms with Crippen molar-refractivity contribution in [2.24, 2.45) is 0 Å². The summed E-state index contributed by atoms with van der Waals surface area (Å²) in [5.74, 6) is 0.0346. The molecule has 1 atom stereocenters. The van der Waals surface area contributed by atoms with Crippen molar-refractivity contribution in [1.82, 2.24) is 10.2 Å². The second-order valence-electron chi connectivity index (χ2n) is 6.67. The standard InChI is InChI=1S/C21H19ClN2O3/c22-16-8-9-18-15(11-16)12-19(27-18)21(26)23-17(14-5-2-1-3-6-14)13-24-10-4-7-20(24)25/h1-3,5-6,8-9,11-12,17H,4,7,10,13H2,(H,23,26)/t17-/m0/s1. The fourth-order valence-electron chi connectivity index (χ4n) is 3.39. The molecule has 1 aromatic heterocycles. The van der Waals surface area contributed by atoms with Gasteiger partial charge in [0.25, 0.3) is 5.91 Å². The van der Waals surface area contributed by atoms with E-state index in [4.69, 9.17) is 16.0 Å². The van der Waals surface area contributed by atoms with E-state index in [2.05, 4.69) is 5.32 Å². The monoisotopic (exact) mass is 382 g/mol. The molecule has 1 aliphatic rings. The lowest BCUT2D eigenvalue weighted by Crippen LogP contribution is -2.38. The lowest BCUT2D eigenvalue weighted by atomic mass is 10.1. The number of carbonyl (C=O) groups excluding carboxylic acids is 2. The molecule has 0 radical (unpaired) electrons. The Balaban J connectivity index is 1.57. The topological polar surface area (TPSA) is 62.6 Å². The number of nitrogens with zero attached hydrogens (tertiary/aromatic N) is 1. The zero-order valence-electron chi connectivity index (χ0n) is 14.7. The van der Waals surface area contributed by atoms with Gasteiger partial charge in [0.15, 0.2) is 5.76 Å². The quantitative estimate of drug-likeness (QED) is 0.720. The summed E-state index contributed by atoms with van der Waals surface area (Å²) < 4.78 is 5.66. The summed E-state index contributed by atoms with van der Waals surface area (Å²) in [5.41, 5.74) is 1.56. The number of nitrogens with one attached hydrogen (secondary N) is 1. The fraction of sp³-hybridized carbons (Fsp3) is 0.238. The number of benzene rings is 2. The number of halogens is 1. The average molecular weight is 383 g/mol. The van der Waals surface area contributed by atoms with Crippen LogP contribution in [0.1, 0.15) is 35.0 Å². The van der Waals surface area contributed by atoms with Gasteiger partial charge in [-0.3, -0.25) is 9.59 Å². The molecule has 3 aromatic rings. The number of furan rings is 1. The van der Waals surface area contributed by atoms with Crippen LogP contribution in [0.25, 0.3) is 11.0 Å². The van der Waals surface area contributed by atoms with Gasteiger partial charge in [-0.15, -0.1) is 0 Å². The molecule has 1 N–H and O–H groups in total. The highest BCUT2D eigenvalue weighted by Gasteiger charge is 2.26. The highest BCUT2D eigenvalue weighted by molar-refractivity contribution is 6.31. The lowest BCUT2D eigenvalue weighted by molar-refractivity contribution is -0.128. The van der Waals surface area contributed by atoms with Gasteiger partial charge < -0.3 is 14.6 Å². The van der Waals surface area contributed by atoms with Crippen molar-refractivity contribution in [3.05, 3.63) is 70.9 Å². The van der Waals surface area contributed by atoms with Gasteiger partial charge in [0.05, 0.1) is 6.04 Å². The highest BCUT2D eigenvalue weighted by atomic mass is 35.5. The second-order valence-corrected chi connectivity index (χ2v) is 7.11. The smallest absolute Gasteiger partial charge is 0.287 e. The van der Waals surface area contributed by atoms with Crippen molar-refractivity contribution in [2.45, 2.75) is 18.9 Å². The van der Waals surface area contributed by atoms with Crippen molar-refractivity contribution in [3.8, 4) is 0 Å². The van der Waals surface area contributed by atoms with E-state index in [1.807, 2.05) is 30.3 Å². The summed E-state index contributed by atoms with van der Waals surface area (Å²) in [6.45, 7) is 1.17. The fourth-order valence-corrected chi connectivity index (χ4v) is 3.57. The number of carbonyl (C=O) groups is 2. The molecule has 0 aliphatic carbocycles. The average Bonchev–Trinajstić information content (AvgIpc) is 3.27. The van der Waals surface area contributed by atoms with Crippen LogP contribution in [0.2, 0.25) is 5.02 Å². The third-order valence-corrected chi connectivity index (χ3v) is 5.02. The largest absolute Gasteiger partial charge is 0.451 e. The van der Waals surface area contributed by atoms with Crippen LogP contribution < -0.4 is 5.32 Å². The first-order chi connectivity index (χ1) is 13.1. The van der Waals surface area contributed by atoms with Gasteiger partial charge in [0, 0.05) is 29.9 Å². The van der Waals surface area contributed by atoms with E-state index in [9.17, 15) is 9.59 Å². The predicted octanol–water partition coefficient (Wildman–Crippen LogP) is 4.18. The first-order valence-electron chi connectivity index (χ1n) is 8.93. The number of fused-ring (bicyclic) bond motifs is 1. The van der Waals surface area contributed by atoms with E-state index in [0.29, 0.717) is 23.6 Å². The maximum atomic E-state index is 12.8. The Bertz CT molecular complexity index is 984. The van der Waals surface area contributed by atoms with Gasteiger partial charge in [-0.1, -0.05) is 41.9 Å². The Kier molecular flexibility index (Phi) is 4.86. The molecule has 2 heterocycles. The van der Waals surface area contributed by atoms with Crippen LogP contribution in [0.15, 0.2) is 59.0 Å². The van der Waals surface area contributed by atoms with Crippen molar-refractivity contribution < 1.29 is 14.0 Å². The van der Waals surface area contributed by atoms with Crippen LogP contribution in [0.3, 0.4) is 0 Å². The third-order valence-electron chi connectivity index (χ3n) is 4.78. The zero-order valence-corrected chi connectivity index (χ0v) is 15.4. The zero-order chi connectivity index (χ0) is 18.8. The number of hydrogen-bond donors (Lipinski definition) is 1. The summed E-state index contributed by atoms with van der Waals surface area (Å²) in [7, 11) is 0. The molecule has 0 bridgehead atoms. The molecule has 0 saturated carbocycles. The maximum absolute atomic E-state index is 12.8. The van der Waals surface area contributed by atoms with Gasteiger partial charge in [0.1, 0.15) is 5.58 Å². The lowest BCUT2D eigenvalue weighted by Gasteiger charge is -2.25. The normalized spacial score (nSPS) is 15.3. The molecule has 6 heteroatoms. The Morgan fingerprint density at radius 3 is 2.74 bits per heavy atom. The Labute approximate surface area is 161 Å². The first-order valence-corrected chi connectivity index (χ1v) is 9.30. The van der Waals surface area contributed by atoms with Crippen molar-refractivity contribution >= 4 is 34.4 Å². The number of amides is 2. The Morgan fingerprint density at radius 2 is 2.00 bits per heavy atom. The molecular formula is C21H19ClN2O3. The van der Waals surface area contributed by atoms with Gasteiger partial charge >= 0.3 is 0 Å². The molecular weight excluding hydrogens is 364 g/mol. The molecule has 4 rings (SSSR count). The summed E-state index contributed by atoms with van der Waals surface area (Å²) in [6.07, 6.45) is 1.43. The number of hydrogen-bond acceptors (Lipinski definition) is 3. The molecule has 5 nitrogen and oxygen atoms in total. The van der Waals surface area contributed by atoms with Crippen molar-refractivity contribution in [2.75, 3.05) is 13.1 Å². The molecule has 2 aromatic carbocycles. The molecule has 0 unspecified atom stereocenters. The van der Waals surface area contributed by atoms with E-state index in [0.717, 1.165) is 23.9 Å². The van der Waals surface area contributed by atoms with E-state index >= 15 is 0 Å². The van der Waals surface area contributed by atoms with Crippen LogP contribution in [-0.2, 0) is 4.79 Å². The summed E-state index contributed by atoms with van der Waals surface area (Å²) in [6, 6.07) is 16.3. The molecule has 0 spiro atoms. The number of likely N-dealkylation sites (tertiary alicyclic amines) is 1. The first kappa shape index (κ1) is 17.6. The SMILES string of the molecule is O=C(N[C@@H](CN1CCCC1=O)c1ccccc1)c1cc2cc(Cl)ccc2o1. The van der Waals surface area contributed by atoms with Crippen LogP contribution >= 0.6 is 11.6 Å². The minimum absolute atomic E-state index is 0.128. The highest BCUT2D eigenvalue weighted by Crippen LogP contribution is 2.24. The van der Waals surface area contributed by atoms with E-state index in [1.54, 1.807) is 29.2 Å². The molecule has 2 amide bonds. The predicted molar refractivity (Wildman–Crippen MR) is 104 cm³/mol. The molecule has 138 valence electrons. The Morgan fingerprint density at radius 1 is 1.19 bits per heavy atom. The van der Waals surface area contributed by atoms with Crippen LogP contribution in [0.4, 0.5) is 0 Å². The van der Waals surface area contributed by atoms with Crippen LogP contribution in [0.5, 0.6) is 0 Å². The van der Waals surface area contributed by atoms with Crippen molar-refractivity contribution in [3.63, 3.8) is 0 Å². The van der Waals surface area contributed by atoms with Gasteiger partial charge in [-0.25, -0.2) is 0 Å². The number of rotatable bonds is 5. The Hall–Kier alpha value is -2.79. The van der Waals surface area contributed by atoms with E-state index in [1.165, 1.54) is 0 Å². The molecule has 1 saturated heterocycles. The second kappa shape index (κ2) is 7.45. The summed E-state index contributed by atoms with van der Waals surface area (Å²) in [4.78, 5) is 26.6. The van der Waals surface area contributed by atoms with Crippen LogP contribution in [0, 0.1) is 0 Å². The van der Waals surface area contributed by atoms with E-state index in [-0.39, 0.29) is 23.6 Å². The molecule has 1 fully saturated rings. The van der Waals surface area contributed by atoms with Gasteiger partial charge in [0.2, 0.25) is 5.91 Å². The van der Waals surface area contributed by atoms with Crippen LogP contribution in [-0.4, -0.2) is 29.8 Å². The van der Waals surface area contributed by atoms with Gasteiger partial charge in [-0.05, 0) is 36.2 Å².